The molecule has 4 aromatic rings. The van der Waals surface area contributed by atoms with E-state index in [1.165, 1.54) is 6.07 Å². The third kappa shape index (κ3) is 5.23. The second-order valence-electron chi connectivity index (χ2n) is 7.56. The van der Waals surface area contributed by atoms with Crippen LogP contribution >= 0.6 is 0 Å². The topological polar surface area (TPSA) is 75.0 Å². The second kappa shape index (κ2) is 10.0. The lowest BCUT2D eigenvalue weighted by molar-refractivity contribution is 0.0468. The van der Waals surface area contributed by atoms with Gasteiger partial charge in [0.1, 0.15) is 42.5 Å². The minimum atomic E-state index is -0.542. The number of fused-ring (bicyclic) bond motifs is 1. The molecule has 4 rings (SSSR count). The lowest BCUT2D eigenvalue weighted by Crippen LogP contribution is -2.13. The zero-order valence-electron chi connectivity index (χ0n) is 18.5. The smallest absolute Gasteiger partial charge is 0.342 e. The Kier molecular flexibility index (Phi) is 6.74. The van der Waals surface area contributed by atoms with Gasteiger partial charge in [-0.15, -0.1) is 0 Å². The molecule has 0 unspecified atom stereocenters. The number of ether oxygens (including phenoxy) is 3. The van der Waals surface area contributed by atoms with E-state index in [0.717, 1.165) is 22.3 Å². The monoisotopic (exact) mass is 444 g/mol. The molecule has 1 heterocycles. The van der Waals surface area contributed by atoms with Crippen molar-refractivity contribution in [3.8, 4) is 11.5 Å². The number of benzene rings is 3. The van der Waals surface area contributed by atoms with E-state index in [2.05, 4.69) is 0 Å². The summed E-state index contributed by atoms with van der Waals surface area (Å²) in [6.45, 7) is 4.38. The molecule has 0 aliphatic carbocycles. The van der Waals surface area contributed by atoms with E-state index in [4.69, 9.17) is 18.6 Å². The van der Waals surface area contributed by atoms with Gasteiger partial charge >= 0.3 is 11.6 Å². The third-order valence-electron chi connectivity index (χ3n) is 5.34. The van der Waals surface area contributed by atoms with Crippen molar-refractivity contribution in [3.05, 3.63) is 105 Å². The third-order valence-corrected chi connectivity index (χ3v) is 5.34. The van der Waals surface area contributed by atoms with Gasteiger partial charge in [0.25, 0.3) is 0 Å². The van der Waals surface area contributed by atoms with E-state index in [1.54, 1.807) is 24.3 Å². The summed E-state index contributed by atoms with van der Waals surface area (Å²) >= 11 is 0. The molecule has 0 bridgehead atoms. The Balaban J connectivity index is 1.43. The van der Waals surface area contributed by atoms with Crippen molar-refractivity contribution in [2.24, 2.45) is 0 Å². The molecule has 0 saturated heterocycles. The summed E-state index contributed by atoms with van der Waals surface area (Å²) in [5.41, 5.74) is 2.82. The summed E-state index contributed by atoms with van der Waals surface area (Å²) in [5.74, 6) is 0.613. The molecule has 0 atom stereocenters. The number of para-hydroxylation sites is 2. The van der Waals surface area contributed by atoms with E-state index in [1.807, 2.05) is 56.3 Å². The molecule has 0 aliphatic rings. The van der Waals surface area contributed by atoms with Crippen LogP contribution in [-0.2, 0) is 11.3 Å². The van der Waals surface area contributed by atoms with Crippen molar-refractivity contribution in [2.75, 3.05) is 13.2 Å². The fourth-order valence-electron chi connectivity index (χ4n) is 3.45. The first-order chi connectivity index (χ1) is 16.0. The molecule has 0 amide bonds. The summed E-state index contributed by atoms with van der Waals surface area (Å²) in [7, 11) is 0. The van der Waals surface area contributed by atoms with E-state index in [-0.39, 0.29) is 13.2 Å². The number of rotatable bonds is 8. The first-order valence-corrected chi connectivity index (χ1v) is 10.6. The SMILES string of the molecule is Cc1ccc2c(COC(=O)c3ccccc3OCCOc3ccccc3)cc(=O)oc2c1C. The highest BCUT2D eigenvalue weighted by atomic mass is 16.5. The van der Waals surface area contributed by atoms with Gasteiger partial charge in [0.2, 0.25) is 0 Å². The predicted octanol–water partition coefficient (Wildman–Crippen LogP) is 5.22. The van der Waals surface area contributed by atoms with E-state index in [0.29, 0.717) is 29.1 Å². The maximum atomic E-state index is 12.8. The molecular weight excluding hydrogens is 420 g/mol. The van der Waals surface area contributed by atoms with Gasteiger partial charge in [-0.05, 0) is 49.2 Å². The fraction of sp³-hybridized carbons (Fsp3) is 0.185. The minimum Gasteiger partial charge on any atom is -0.490 e. The summed E-state index contributed by atoms with van der Waals surface area (Å²) < 4.78 is 22.3. The summed E-state index contributed by atoms with van der Waals surface area (Å²) in [5, 5.41) is 0.744. The Bertz CT molecular complexity index is 1320. The van der Waals surface area contributed by atoms with Crippen molar-refractivity contribution in [2.45, 2.75) is 20.5 Å². The van der Waals surface area contributed by atoms with Crippen LogP contribution < -0.4 is 15.1 Å². The zero-order chi connectivity index (χ0) is 23.2. The van der Waals surface area contributed by atoms with Crippen LogP contribution in [-0.4, -0.2) is 19.2 Å². The summed E-state index contributed by atoms with van der Waals surface area (Å²) in [6.07, 6.45) is 0. The molecule has 0 radical (unpaired) electrons. The molecule has 6 nitrogen and oxygen atoms in total. The van der Waals surface area contributed by atoms with Gasteiger partial charge in [0, 0.05) is 17.0 Å². The molecule has 168 valence electrons. The molecule has 0 aliphatic heterocycles. The first kappa shape index (κ1) is 22.1. The van der Waals surface area contributed by atoms with Crippen LogP contribution in [0, 0.1) is 13.8 Å². The lowest BCUT2D eigenvalue weighted by Gasteiger charge is -2.13. The normalized spacial score (nSPS) is 10.7. The Morgan fingerprint density at radius 3 is 2.42 bits per heavy atom. The first-order valence-electron chi connectivity index (χ1n) is 10.6. The van der Waals surface area contributed by atoms with Crippen molar-refractivity contribution in [3.63, 3.8) is 0 Å². The van der Waals surface area contributed by atoms with Gasteiger partial charge in [-0.3, -0.25) is 0 Å². The Morgan fingerprint density at radius 2 is 1.61 bits per heavy atom. The molecule has 1 aromatic heterocycles. The Hall–Kier alpha value is -4.06. The van der Waals surface area contributed by atoms with Crippen molar-refractivity contribution >= 4 is 16.9 Å². The van der Waals surface area contributed by atoms with Crippen LogP contribution in [0.4, 0.5) is 0 Å². The maximum Gasteiger partial charge on any atom is 0.342 e. The second-order valence-corrected chi connectivity index (χ2v) is 7.56. The van der Waals surface area contributed by atoms with E-state index >= 15 is 0 Å². The van der Waals surface area contributed by atoms with Gasteiger partial charge in [0.05, 0.1) is 0 Å². The van der Waals surface area contributed by atoms with Gasteiger partial charge in [-0.2, -0.15) is 0 Å². The maximum absolute atomic E-state index is 12.8. The van der Waals surface area contributed by atoms with Crippen LogP contribution in [0.15, 0.2) is 82.0 Å². The number of hydrogen-bond acceptors (Lipinski definition) is 6. The molecule has 0 saturated carbocycles. The van der Waals surface area contributed by atoms with E-state index in [9.17, 15) is 9.59 Å². The van der Waals surface area contributed by atoms with Crippen LogP contribution in [0.1, 0.15) is 27.0 Å². The van der Waals surface area contributed by atoms with Gasteiger partial charge < -0.3 is 18.6 Å². The molecule has 3 aromatic carbocycles. The highest BCUT2D eigenvalue weighted by Crippen LogP contribution is 2.25. The predicted molar refractivity (Wildman–Crippen MR) is 125 cm³/mol. The molecule has 0 fully saturated rings. The summed E-state index contributed by atoms with van der Waals surface area (Å²) in [4.78, 5) is 24.8. The van der Waals surface area contributed by atoms with Gasteiger partial charge in [-0.25, -0.2) is 9.59 Å². The van der Waals surface area contributed by atoms with Gasteiger partial charge in [-0.1, -0.05) is 42.5 Å². The largest absolute Gasteiger partial charge is 0.490 e. The van der Waals surface area contributed by atoms with Crippen LogP contribution in [0.5, 0.6) is 11.5 Å². The quantitative estimate of drug-likeness (QED) is 0.211. The highest BCUT2D eigenvalue weighted by Gasteiger charge is 2.16. The van der Waals surface area contributed by atoms with Crippen LogP contribution in [0.3, 0.4) is 0 Å². The van der Waals surface area contributed by atoms with Gasteiger partial charge in [0.15, 0.2) is 0 Å². The molecule has 33 heavy (non-hydrogen) atoms. The molecular formula is C27H24O6. The minimum absolute atomic E-state index is 0.0606. The number of aryl methyl sites for hydroxylation is 2. The molecule has 6 heteroatoms. The Morgan fingerprint density at radius 1 is 0.879 bits per heavy atom. The van der Waals surface area contributed by atoms with Crippen molar-refractivity contribution in [1.29, 1.82) is 0 Å². The number of esters is 1. The number of carbonyl (C=O) groups excluding carboxylic acids is 1. The average molecular weight is 444 g/mol. The standard InChI is InChI=1S/C27H24O6/c1-18-12-13-22-20(16-25(28)33-26(22)19(18)2)17-32-27(29)23-10-6-7-11-24(23)31-15-14-30-21-8-4-3-5-9-21/h3-13,16H,14-15,17H2,1-2H3. The van der Waals surface area contributed by atoms with Crippen molar-refractivity contribution < 1.29 is 23.4 Å². The number of hydrogen-bond donors (Lipinski definition) is 0. The fourth-order valence-corrected chi connectivity index (χ4v) is 3.45. The average Bonchev–Trinajstić information content (AvgIpc) is 2.83. The van der Waals surface area contributed by atoms with Crippen molar-refractivity contribution in [1.82, 2.24) is 0 Å². The summed E-state index contributed by atoms with van der Waals surface area (Å²) in [6, 6.07) is 21.5. The highest BCUT2D eigenvalue weighted by molar-refractivity contribution is 5.92. The molecule has 0 N–H and O–H groups in total. The van der Waals surface area contributed by atoms with E-state index < -0.39 is 11.6 Å². The number of carbonyl (C=O) groups is 1. The van der Waals surface area contributed by atoms with Crippen LogP contribution in [0.25, 0.3) is 11.0 Å². The lowest BCUT2D eigenvalue weighted by atomic mass is 10.0. The Labute approximate surface area is 191 Å². The molecule has 0 spiro atoms. The van der Waals surface area contributed by atoms with Crippen LogP contribution in [0.2, 0.25) is 0 Å². The zero-order valence-corrected chi connectivity index (χ0v) is 18.5.